The quantitative estimate of drug-likeness (QED) is 0.148. The summed E-state index contributed by atoms with van der Waals surface area (Å²) in [7, 11) is 0. The predicted molar refractivity (Wildman–Crippen MR) is 119 cm³/mol. The van der Waals surface area contributed by atoms with E-state index in [0.29, 0.717) is 22.6 Å². The van der Waals surface area contributed by atoms with Gasteiger partial charge in [0.15, 0.2) is 0 Å². The smallest absolute Gasteiger partial charge is 0.271 e. The van der Waals surface area contributed by atoms with Crippen LogP contribution in [0.3, 0.4) is 0 Å². The number of nitrogens with zero attached hydrogens (tertiary/aromatic N) is 4. The molecule has 0 unspecified atom stereocenters. The standard InChI is InChI=1S/C21H14BrClN4O4/c22-12-4-7-15(8-5-12)26-20(19(23)21(26)29)17-11-14(6-9-18(17)28)25-24-13-2-1-3-16(10-13)27(30)31/h1-11,19-20,28H/t19-,20+/m0/s1. The minimum absolute atomic E-state index is 0.0282. The van der Waals surface area contributed by atoms with Gasteiger partial charge in [-0.2, -0.15) is 10.2 Å². The Bertz CT molecular complexity index is 1200. The van der Waals surface area contributed by atoms with E-state index in [1.807, 2.05) is 12.1 Å². The number of azo groups is 1. The maximum absolute atomic E-state index is 12.4. The molecule has 4 rings (SSSR count). The number of rotatable bonds is 5. The van der Waals surface area contributed by atoms with E-state index in [1.54, 1.807) is 30.3 Å². The van der Waals surface area contributed by atoms with E-state index in [1.165, 1.54) is 29.2 Å². The summed E-state index contributed by atoms with van der Waals surface area (Å²) in [6.07, 6.45) is 0. The first-order valence-electron chi connectivity index (χ1n) is 9.07. The van der Waals surface area contributed by atoms with Crippen LogP contribution in [0.5, 0.6) is 5.75 Å². The minimum atomic E-state index is -0.835. The molecule has 8 nitrogen and oxygen atoms in total. The van der Waals surface area contributed by atoms with Crippen LogP contribution < -0.4 is 4.90 Å². The zero-order valence-electron chi connectivity index (χ0n) is 15.7. The molecular weight excluding hydrogens is 488 g/mol. The Morgan fingerprint density at radius 2 is 1.71 bits per heavy atom. The summed E-state index contributed by atoms with van der Waals surface area (Å²) < 4.78 is 0.870. The van der Waals surface area contributed by atoms with E-state index >= 15 is 0 Å². The summed E-state index contributed by atoms with van der Waals surface area (Å²) >= 11 is 9.65. The highest BCUT2D eigenvalue weighted by Crippen LogP contribution is 2.46. The van der Waals surface area contributed by atoms with E-state index in [4.69, 9.17) is 11.6 Å². The molecule has 2 atom stereocenters. The maximum Gasteiger partial charge on any atom is 0.271 e. The minimum Gasteiger partial charge on any atom is -0.508 e. The van der Waals surface area contributed by atoms with Gasteiger partial charge in [-0.3, -0.25) is 14.9 Å². The second kappa shape index (κ2) is 8.44. The number of nitro groups is 1. The fourth-order valence-corrected chi connectivity index (χ4v) is 3.88. The summed E-state index contributed by atoms with van der Waals surface area (Å²) in [4.78, 5) is 24.3. The molecule has 1 amide bonds. The fourth-order valence-electron chi connectivity index (χ4n) is 3.27. The van der Waals surface area contributed by atoms with Crippen LogP contribution in [0.1, 0.15) is 11.6 Å². The van der Waals surface area contributed by atoms with Gasteiger partial charge >= 0.3 is 0 Å². The number of phenolic OH excluding ortho intramolecular Hbond substituents is 1. The third kappa shape index (κ3) is 4.14. The highest BCUT2D eigenvalue weighted by molar-refractivity contribution is 9.10. The average molecular weight is 502 g/mol. The molecule has 1 N–H and O–H groups in total. The third-order valence-corrected chi connectivity index (χ3v) is 5.74. The van der Waals surface area contributed by atoms with E-state index in [9.17, 15) is 20.0 Å². The molecule has 3 aromatic carbocycles. The zero-order valence-corrected chi connectivity index (χ0v) is 18.1. The van der Waals surface area contributed by atoms with E-state index in [2.05, 4.69) is 26.2 Å². The molecule has 156 valence electrons. The van der Waals surface area contributed by atoms with Crippen LogP contribution >= 0.6 is 27.5 Å². The number of benzene rings is 3. The highest BCUT2D eigenvalue weighted by atomic mass is 79.9. The Kier molecular flexibility index (Phi) is 5.71. The normalized spacial score (nSPS) is 18.3. The lowest BCUT2D eigenvalue weighted by atomic mass is 9.91. The van der Waals surface area contributed by atoms with Crippen LogP contribution in [0.15, 0.2) is 81.4 Å². The molecule has 1 fully saturated rings. The van der Waals surface area contributed by atoms with Crippen LogP contribution in [-0.2, 0) is 4.79 Å². The number of carbonyl (C=O) groups is 1. The molecular formula is C21H14BrClN4O4. The van der Waals surface area contributed by atoms with Crippen molar-refractivity contribution in [1.29, 1.82) is 0 Å². The topological polar surface area (TPSA) is 108 Å². The number of β-lactam (4-membered cyclic amide) rings is 1. The second-order valence-corrected chi connectivity index (χ2v) is 8.14. The molecule has 0 saturated carbocycles. The van der Waals surface area contributed by atoms with Crippen LogP contribution in [0.2, 0.25) is 0 Å². The monoisotopic (exact) mass is 500 g/mol. The van der Waals surface area contributed by atoms with E-state index < -0.39 is 16.3 Å². The number of alkyl halides is 1. The molecule has 3 aromatic rings. The molecule has 0 radical (unpaired) electrons. The lowest BCUT2D eigenvalue weighted by Gasteiger charge is -2.44. The molecule has 0 aromatic heterocycles. The lowest BCUT2D eigenvalue weighted by Crippen LogP contribution is -2.56. The van der Waals surface area contributed by atoms with Gasteiger partial charge in [0.25, 0.3) is 5.69 Å². The van der Waals surface area contributed by atoms with Gasteiger partial charge in [-0.15, -0.1) is 11.6 Å². The summed E-state index contributed by atoms with van der Waals surface area (Å²) in [5.74, 6) is -0.295. The van der Waals surface area contributed by atoms with Crippen LogP contribution in [0.25, 0.3) is 0 Å². The van der Waals surface area contributed by atoms with Gasteiger partial charge in [0.2, 0.25) is 5.91 Å². The number of non-ortho nitro benzene ring substituents is 1. The number of hydrogen-bond donors (Lipinski definition) is 1. The van der Waals surface area contributed by atoms with Crippen molar-refractivity contribution in [3.8, 4) is 5.75 Å². The first-order valence-corrected chi connectivity index (χ1v) is 10.3. The molecule has 0 aliphatic carbocycles. The van der Waals surface area contributed by atoms with Crippen molar-refractivity contribution in [1.82, 2.24) is 0 Å². The molecule has 0 bridgehead atoms. The Labute approximate surface area is 190 Å². The maximum atomic E-state index is 12.4. The number of anilines is 1. The second-order valence-electron chi connectivity index (χ2n) is 6.75. The van der Waals surface area contributed by atoms with Crippen molar-refractivity contribution in [2.75, 3.05) is 4.90 Å². The number of amides is 1. The highest BCUT2D eigenvalue weighted by Gasteiger charge is 2.49. The van der Waals surface area contributed by atoms with Gasteiger partial charge in [0, 0.05) is 27.9 Å². The molecule has 0 spiro atoms. The summed E-state index contributed by atoms with van der Waals surface area (Å²) in [5.41, 5.74) is 1.70. The summed E-state index contributed by atoms with van der Waals surface area (Å²) in [5, 5.41) is 28.6. The molecule has 1 aliphatic heterocycles. The Hall–Kier alpha value is -3.30. The average Bonchev–Trinajstić information content (AvgIpc) is 2.77. The van der Waals surface area contributed by atoms with Gasteiger partial charge in [0.05, 0.1) is 22.3 Å². The van der Waals surface area contributed by atoms with Gasteiger partial charge in [0.1, 0.15) is 11.1 Å². The van der Waals surface area contributed by atoms with Crippen molar-refractivity contribution in [2.24, 2.45) is 10.2 Å². The van der Waals surface area contributed by atoms with Crippen molar-refractivity contribution >= 4 is 56.2 Å². The fraction of sp³-hybridized carbons (Fsp3) is 0.0952. The molecule has 31 heavy (non-hydrogen) atoms. The number of carbonyl (C=O) groups excluding carboxylic acids is 1. The van der Waals surface area contributed by atoms with Gasteiger partial charge in [-0.05, 0) is 48.5 Å². The van der Waals surface area contributed by atoms with Crippen molar-refractivity contribution in [2.45, 2.75) is 11.4 Å². The molecule has 1 heterocycles. The van der Waals surface area contributed by atoms with Gasteiger partial charge in [-0.1, -0.05) is 22.0 Å². The molecule has 1 saturated heterocycles. The molecule has 10 heteroatoms. The number of halogens is 2. The largest absolute Gasteiger partial charge is 0.508 e. The summed E-state index contributed by atoms with van der Waals surface area (Å²) in [6.45, 7) is 0. The van der Waals surface area contributed by atoms with Crippen molar-refractivity contribution in [3.05, 3.63) is 86.9 Å². The number of phenols is 1. The van der Waals surface area contributed by atoms with Gasteiger partial charge < -0.3 is 10.0 Å². The lowest BCUT2D eigenvalue weighted by molar-refractivity contribution is -0.384. The van der Waals surface area contributed by atoms with Crippen LogP contribution in [0.4, 0.5) is 22.7 Å². The molecule has 1 aliphatic rings. The van der Waals surface area contributed by atoms with Crippen LogP contribution in [0, 0.1) is 10.1 Å². The number of nitro benzene ring substituents is 1. The summed E-state index contributed by atoms with van der Waals surface area (Å²) in [6, 6.07) is 17.0. The third-order valence-electron chi connectivity index (χ3n) is 4.78. The Morgan fingerprint density at radius 1 is 1.03 bits per heavy atom. The zero-order chi connectivity index (χ0) is 22.1. The van der Waals surface area contributed by atoms with E-state index in [-0.39, 0.29) is 17.3 Å². The van der Waals surface area contributed by atoms with E-state index in [0.717, 1.165) is 4.47 Å². The predicted octanol–water partition coefficient (Wildman–Crippen LogP) is 6.17. The SMILES string of the molecule is O=C1[C@@H](Cl)[C@@H](c2cc(N=Nc3cccc([N+](=O)[O-])c3)ccc2O)N1c1ccc(Br)cc1. The van der Waals surface area contributed by atoms with Gasteiger partial charge in [-0.25, -0.2) is 0 Å². The first-order chi connectivity index (χ1) is 14.8. The Morgan fingerprint density at radius 3 is 2.39 bits per heavy atom. The van der Waals surface area contributed by atoms with Crippen molar-refractivity contribution < 1.29 is 14.8 Å². The van der Waals surface area contributed by atoms with Crippen molar-refractivity contribution in [3.63, 3.8) is 0 Å². The number of hydrogen-bond acceptors (Lipinski definition) is 6. The number of aromatic hydroxyl groups is 1. The van der Waals surface area contributed by atoms with Crippen LogP contribution in [-0.4, -0.2) is 21.3 Å². The first kappa shape index (κ1) is 21.0. The Balaban J connectivity index is 1.64.